The number of nitrogens with zero attached hydrogens (tertiary/aromatic N) is 2. The second-order valence-corrected chi connectivity index (χ2v) is 13.7. The first-order valence-electron chi connectivity index (χ1n) is 15.7. The molecule has 0 radical (unpaired) electrons. The molecule has 4 aromatic rings. The van der Waals surface area contributed by atoms with Gasteiger partial charge in [0.2, 0.25) is 11.8 Å². The smallest absolute Gasteiger partial charge is 0.264 e. The van der Waals surface area contributed by atoms with E-state index in [1.165, 1.54) is 29.2 Å². The molecule has 9 heteroatoms. The number of benzene rings is 4. The summed E-state index contributed by atoms with van der Waals surface area (Å²) in [5.74, 6) is -1.35. The number of aryl methyl sites for hydroxylation is 1. The van der Waals surface area contributed by atoms with Gasteiger partial charge in [-0.1, -0.05) is 92.1 Å². The molecule has 1 fully saturated rings. The van der Waals surface area contributed by atoms with Gasteiger partial charge in [0.05, 0.1) is 10.6 Å². The van der Waals surface area contributed by atoms with E-state index in [4.69, 9.17) is 0 Å². The Kier molecular flexibility index (Phi) is 10.9. The number of carbonyl (C=O) groups excluding carboxylic acids is 2. The largest absolute Gasteiger partial charge is 0.352 e. The molecule has 0 aliphatic heterocycles. The van der Waals surface area contributed by atoms with Crippen LogP contribution in [0.1, 0.15) is 48.8 Å². The van der Waals surface area contributed by atoms with Crippen molar-refractivity contribution in [3.8, 4) is 0 Å². The Balaban J connectivity index is 1.56. The molecule has 0 spiro atoms. The van der Waals surface area contributed by atoms with Gasteiger partial charge >= 0.3 is 0 Å². The number of nitrogens with one attached hydrogen (secondary N) is 1. The highest BCUT2D eigenvalue weighted by atomic mass is 32.2. The SMILES string of the molecule is Cc1ccccc1CN(C(=O)CN(c1ccc(F)cc1)S(=O)(=O)c1ccccc1)C(Cc1ccccc1)C(=O)NC1CCCCC1. The van der Waals surface area contributed by atoms with Gasteiger partial charge in [-0.2, -0.15) is 0 Å². The van der Waals surface area contributed by atoms with Crippen molar-refractivity contribution in [1.82, 2.24) is 10.2 Å². The molecule has 1 aliphatic carbocycles. The lowest BCUT2D eigenvalue weighted by Crippen LogP contribution is -2.55. The summed E-state index contributed by atoms with van der Waals surface area (Å²) in [7, 11) is -4.24. The topological polar surface area (TPSA) is 86.8 Å². The second-order valence-electron chi connectivity index (χ2n) is 11.8. The average molecular weight is 642 g/mol. The number of halogens is 1. The van der Waals surface area contributed by atoms with E-state index in [0.29, 0.717) is 0 Å². The van der Waals surface area contributed by atoms with E-state index in [9.17, 15) is 22.4 Å². The van der Waals surface area contributed by atoms with Crippen molar-refractivity contribution >= 4 is 27.5 Å². The number of carbonyl (C=O) groups is 2. The van der Waals surface area contributed by atoms with E-state index in [0.717, 1.165) is 65.2 Å². The monoisotopic (exact) mass is 641 g/mol. The number of hydrogen-bond acceptors (Lipinski definition) is 4. The van der Waals surface area contributed by atoms with E-state index in [-0.39, 0.29) is 35.5 Å². The maximum Gasteiger partial charge on any atom is 0.264 e. The molecule has 240 valence electrons. The van der Waals surface area contributed by atoms with Crippen LogP contribution in [-0.2, 0) is 32.6 Å². The summed E-state index contributed by atoms with van der Waals surface area (Å²) in [6, 6.07) is 29.1. The zero-order chi connectivity index (χ0) is 32.5. The maximum atomic E-state index is 14.6. The van der Waals surface area contributed by atoms with E-state index in [1.54, 1.807) is 18.2 Å². The first kappa shape index (κ1) is 32.9. The molecule has 7 nitrogen and oxygen atoms in total. The van der Waals surface area contributed by atoms with Crippen LogP contribution >= 0.6 is 0 Å². The van der Waals surface area contributed by atoms with Crippen LogP contribution in [0.5, 0.6) is 0 Å². The molecular weight excluding hydrogens is 601 g/mol. The molecular formula is C37H40FN3O4S. The van der Waals surface area contributed by atoms with Gasteiger partial charge in [0.15, 0.2) is 0 Å². The van der Waals surface area contributed by atoms with Gasteiger partial charge in [0.25, 0.3) is 10.0 Å². The maximum absolute atomic E-state index is 14.6. The number of sulfonamides is 1. The average Bonchev–Trinajstić information content (AvgIpc) is 3.07. The lowest BCUT2D eigenvalue weighted by molar-refractivity contribution is -0.140. The highest BCUT2D eigenvalue weighted by molar-refractivity contribution is 7.92. The van der Waals surface area contributed by atoms with Gasteiger partial charge in [0.1, 0.15) is 18.4 Å². The molecule has 1 saturated carbocycles. The Bertz CT molecular complexity index is 1710. The van der Waals surface area contributed by atoms with Crippen molar-refractivity contribution in [3.63, 3.8) is 0 Å². The third kappa shape index (κ3) is 8.20. The molecule has 0 bridgehead atoms. The first-order chi connectivity index (χ1) is 22.2. The van der Waals surface area contributed by atoms with E-state index >= 15 is 0 Å². The molecule has 1 N–H and O–H groups in total. The number of hydrogen-bond donors (Lipinski definition) is 1. The standard InChI is InChI=1S/C37H40FN3O4S/c1-28-13-11-12-16-30(28)26-40(35(25-29-14-5-2-6-15-29)37(43)39-32-17-7-3-8-18-32)36(42)27-41(33-23-21-31(38)22-24-33)46(44,45)34-19-9-4-10-20-34/h2,4-6,9-16,19-24,32,35H,3,7-8,17-18,25-27H2,1H3,(H,39,43). The van der Waals surface area contributed by atoms with Crippen LogP contribution in [0, 0.1) is 12.7 Å². The Morgan fingerprint density at radius 2 is 1.43 bits per heavy atom. The quantitative estimate of drug-likeness (QED) is 0.194. The minimum atomic E-state index is -4.24. The van der Waals surface area contributed by atoms with Crippen LogP contribution in [0.15, 0.2) is 114 Å². The molecule has 5 rings (SSSR count). The molecule has 46 heavy (non-hydrogen) atoms. The number of rotatable bonds is 12. The van der Waals surface area contributed by atoms with E-state index in [2.05, 4.69) is 5.32 Å². The molecule has 2 amide bonds. The van der Waals surface area contributed by atoms with Gasteiger partial charge in [-0.15, -0.1) is 0 Å². The van der Waals surface area contributed by atoms with Crippen molar-refractivity contribution in [3.05, 3.63) is 132 Å². The molecule has 1 aliphatic rings. The van der Waals surface area contributed by atoms with Crippen molar-refractivity contribution in [1.29, 1.82) is 0 Å². The van der Waals surface area contributed by atoms with Crippen LogP contribution in [0.2, 0.25) is 0 Å². The predicted octanol–water partition coefficient (Wildman–Crippen LogP) is 6.42. The van der Waals surface area contributed by atoms with Crippen molar-refractivity contribution in [2.75, 3.05) is 10.8 Å². The van der Waals surface area contributed by atoms with Crippen LogP contribution in [0.3, 0.4) is 0 Å². The summed E-state index contributed by atoms with van der Waals surface area (Å²) >= 11 is 0. The predicted molar refractivity (Wildman–Crippen MR) is 178 cm³/mol. The molecule has 4 aromatic carbocycles. The lowest BCUT2D eigenvalue weighted by atomic mass is 9.94. The minimum absolute atomic E-state index is 0.00606. The summed E-state index contributed by atoms with van der Waals surface area (Å²) < 4.78 is 43.0. The molecule has 0 saturated heterocycles. The molecule has 0 aromatic heterocycles. The summed E-state index contributed by atoms with van der Waals surface area (Å²) in [6.45, 7) is 1.46. The van der Waals surface area contributed by atoms with Crippen LogP contribution in [0.25, 0.3) is 0 Å². The van der Waals surface area contributed by atoms with Crippen LogP contribution in [-0.4, -0.2) is 43.8 Å². The first-order valence-corrected chi connectivity index (χ1v) is 17.2. The highest BCUT2D eigenvalue weighted by Crippen LogP contribution is 2.26. The zero-order valence-electron chi connectivity index (χ0n) is 26.0. The van der Waals surface area contributed by atoms with Crippen molar-refractivity contribution in [2.24, 2.45) is 0 Å². The fraction of sp³-hybridized carbons (Fsp3) is 0.297. The second kappa shape index (κ2) is 15.2. The number of anilines is 1. The zero-order valence-corrected chi connectivity index (χ0v) is 26.8. The summed E-state index contributed by atoms with van der Waals surface area (Å²) in [4.78, 5) is 30.3. The fourth-order valence-corrected chi connectivity index (χ4v) is 7.36. The molecule has 1 unspecified atom stereocenters. The van der Waals surface area contributed by atoms with Gasteiger partial charge in [-0.05, 0) is 72.9 Å². The van der Waals surface area contributed by atoms with Crippen molar-refractivity contribution < 1.29 is 22.4 Å². The third-order valence-corrected chi connectivity index (χ3v) is 10.3. The van der Waals surface area contributed by atoms with Gasteiger partial charge in [-0.25, -0.2) is 12.8 Å². The van der Waals surface area contributed by atoms with E-state index < -0.39 is 34.3 Å². The lowest BCUT2D eigenvalue weighted by Gasteiger charge is -2.35. The normalized spacial score (nSPS) is 14.3. The van der Waals surface area contributed by atoms with Gasteiger partial charge in [0, 0.05) is 19.0 Å². The Morgan fingerprint density at radius 1 is 0.826 bits per heavy atom. The summed E-state index contributed by atoms with van der Waals surface area (Å²) in [6.07, 6.45) is 5.20. The Labute approximate surface area is 271 Å². The molecule has 1 atom stereocenters. The van der Waals surface area contributed by atoms with Gasteiger partial charge < -0.3 is 10.2 Å². The van der Waals surface area contributed by atoms with E-state index in [1.807, 2.05) is 61.5 Å². The Hall–Kier alpha value is -4.50. The highest BCUT2D eigenvalue weighted by Gasteiger charge is 2.35. The minimum Gasteiger partial charge on any atom is -0.352 e. The molecule has 0 heterocycles. The van der Waals surface area contributed by atoms with Crippen LogP contribution < -0.4 is 9.62 Å². The summed E-state index contributed by atoms with van der Waals surface area (Å²) in [5.41, 5.74) is 2.80. The van der Waals surface area contributed by atoms with Crippen LogP contribution in [0.4, 0.5) is 10.1 Å². The Morgan fingerprint density at radius 3 is 2.09 bits per heavy atom. The fourth-order valence-electron chi connectivity index (χ4n) is 5.93. The summed E-state index contributed by atoms with van der Waals surface area (Å²) in [5, 5.41) is 3.22. The number of amides is 2. The van der Waals surface area contributed by atoms with Gasteiger partial charge in [-0.3, -0.25) is 13.9 Å². The van der Waals surface area contributed by atoms with Crippen molar-refractivity contribution in [2.45, 2.75) is 69.0 Å². The third-order valence-electron chi connectivity index (χ3n) is 8.55.